The zero-order valence-electron chi connectivity index (χ0n) is 12.3. The van der Waals surface area contributed by atoms with Crippen LogP contribution in [-0.4, -0.2) is 17.0 Å². The van der Waals surface area contributed by atoms with E-state index in [1.165, 1.54) is 0 Å². The molecule has 0 aliphatic carbocycles. The molecule has 2 aromatic carbocycles. The highest BCUT2D eigenvalue weighted by atomic mass is 19.1. The maximum absolute atomic E-state index is 13.8. The van der Waals surface area contributed by atoms with Gasteiger partial charge in [-0.05, 0) is 12.1 Å². The monoisotopic (exact) mass is 312 g/mol. The highest BCUT2D eigenvalue weighted by Crippen LogP contribution is 2.25. The van der Waals surface area contributed by atoms with Crippen molar-refractivity contribution in [3.05, 3.63) is 66.2 Å². The number of anilines is 3. The van der Waals surface area contributed by atoms with Gasteiger partial charge in [0.1, 0.15) is 17.5 Å². The van der Waals surface area contributed by atoms with Crippen LogP contribution in [0.25, 0.3) is 11.3 Å². The zero-order valence-corrected chi connectivity index (χ0v) is 12.3. The molecule has 6 heteroatoms. The first kappa shape index (κ1) is 14.9. The van der Waals surface area contributed by atoms with Crippen molar-refractivity contribution in [2.24, 2.45) is 0 Å². The molecule has 0 amide bonds. The van der Waals surface area contributed by atoms with Gasteiger partial charge < -0.3 is 10.6 Å². The van der Waals surface area contributed by atoms with E-state index in [0.29, 0.717) is 17.5 Å². The van der Waals surface area contributed by atoms with Gasteiger partial charge in [0.15, 0.2) is 0 Å². The molecule has 0 saturated heterocycles. The van der Waals surface area contributed by atoms with E-state index in [2.05, 4.69) is 20.6 Å². The number of hydrogen-bond donors (Lipinski definition) is 2. The number of halogens is 2. The Labute approximate surface area is 132 Å². The van der Waals surface area contributed by atoms with E-state index < -0.39 is 11.6 Å². The third kappa shape index (κ3) is 3.42. The van der Waals surface area contributed by atoms with Gasteiger partial charge >= 0.3 is 0 Å². The standard InChI is InChI=1S/C17H14F2N4/c1-20-17-22-14(11-5-3-2-4-6-11)10-16(23-17)21-15-9-12(18)7-8-13(15)19/h2-10H,1H3,(H2,20,21,22,23). The molecule has 0 radical (unpaired) electrons. The van der Waals surface area contributed by atoms with Crippen molar-refractivity contribution < 1.29 is 8.78 Å². The van der Waals surface area contributed by atoms with Crippen LogP contribution in [0.15, 0.2) is 54.6 Å². The number of aromatic nitrogens is 2. The van der Waals surface area contributed by atoms with Gasteiger partial charge in [0.25, 0.3) is 0 Å². The Morgan fingerprint density at radius 1 is 0.913 bits per heavy atom. The molecule has 3 rings (SSSR count). The van der Waals surface area contributed by atoms with Gasteiger partial charge in [-0.3, -0.25) is 0 Å². The first-order valence-electron chi connectivity index (χ1n) is 7.00. The molecule has 2 N–H and O–H groups in total. The second kappa shape index (κ2) is 6.39. The lowest BCUT2D eigenvalue weighted by Gasteiger charge is -2.10. The predicted molar refractivity (Wildman–Crippen MR) is 86.7 cm³/mol. The molecule has 0 saturated carbocycles. The summed E-state index contributed by atoms with van der Waals surface area (Å²) in [6, 6.07) is 14.4. The summed E-state index contributed by atoms with van der Waals surface area (Å²) < 4.78 is 27.1. The van der Waals surface area contributed by atoms with Crippen molar-refractivity contribution in [1.29, 1.82) is 0 Å². The molecule has 0 atom stereocenters. The SMILES string of the molecule is CNc1nc(Nc2cc(F)ccc2F)cc(-c2ccccc2)n1. The summed E-state index contributed by atoms with van der Waals surface area (Å²) in [5.41, 5.74) is 1.59. The van der Waals surface area contributed by atoms with Crippen LogP contribution >= 0.6 is 0 Å². The van der Waals surface area contributed by atoms with E-state index in [4.69, 9.17) is 0 Å². The van der Waals surface area contributed by atoms with Crippen LogP contribution < -0.4 is 10.6 Å². The fourth-order valence-electron chi connectivity index (χ4n) is 2.11. The van der Waals surface area contributed by atoms with Crippen LogP contribution in [0.3, 0.4) is 0 Å². The Morgan fingerprint density at radius 3 is 2.43 bits per heavy atom. The van der Waals surface area contributed by atoms with Crippen LogP contribution in [-0.2, 0) is 0 Å². The molecule has 0 unspecified atom stereocenters. The van der Waals surface area contributed by atoms with Gasteiger partial charge in [-0.1, -0.05) is 30.3 Å². The van der Waals surface area contributed by atoms with Crippen LogP contribution in [0.1, 0.15) is 0 Å². The van der Waals surface area contributed by atoms with Crippen LogP contribution in [0, 0.1) is 11.6 Å². The van der Waals surface area contributed by atoms with Gasteiger partial charge in [0.05, 0.1) is 11.4 Å². The molecule has 0 spiro atoms. The Balaban J connectivity index is 2.00. The molecule has 0 aliphatic rings. The third-order valence-electron chi connectivity index (χ3n) is 3.21. The summed E-state index contributed by atoms with van der Waals surface area (Å²) >= 11 is 0. The minimum Gasteiger partial charge on any atom is -0.357 e. The molecule has 0 bridgehead atoms. The molecule has 1 heterocycles. The Morgan fingerprint density at radius 2 is 1.70 bits per heavy atom. The fourth-order valence-corrected chi connectivity index (χ4v) is 2.11. The Kier molecular flexibility index (Phi) is 4.14. The number of nitrogens with one attached hydrogen (secondary N) is 2. The molecular formula is C17H14F2N4. The van der Waals surface area contributed by atoms with E-state index in [-0.39, 0.29) is 5.69 Å². The number of hydrogen-bond acceptors (Lipinski definition) is 4. The highest BCUT2D eigenvalue weighted by molar-refractivity contribution is 5.67. The van der Waals surface area contributed by atoms with Crippen molar-refractivity contribution in [2.45, 2.75) is 0 Å². The van der Waals surface area contributed by atoms with Gasteiger partial charge in [0.2, 0.25) is 5.95 Å². The molecule has 116 valence electrons. The fraction of sp³-hybridized carbons (Fsp3) is 0.0588. The molecular weight excluding hydrogens is 298 g/mol. The van der Waals surface area contributed by atoms with E-state index >= 15 is 0 Å². The van der Waals surface area contributed by atoms with E-state index in [9.17, 15) is 8.78 Å². The first-order chi connectivity index (χ1) is 11.2. The molecule has 0 fully saturated rings. The summed E-state index contributed by atoms with van der Waals surface area (Å²) in [6.07, 6.45) is 0. The lowest BCUT2D eigenvalue weighted by atomic mass is 10.1. The van der Waals surface area contributed by atoms with E-state index in [1.54, 1.807) is 13.1 Å². The van der Waals surface area contributed by atoms with Gasteiger partial charge in [0, 0.05) is 24.7 Å². The summed E-state index contributed by atoms with van der Waals surface area (Å²) in [5.74, 6) is -0.337. The minimum atomic E-state index is -0.558. The average Bonchev–Trinajstić information content (AvgIpc) is 2.58. The lowest BCUT2D eigenvalue weighted by Crippen LogP contribution is -2.03. The largest absolute Gasteiger partial charge is 0.357 e. The molecule has 4 nitrogen and oxygen atoms in total. The second-order valence-corrected chi connectivity index (χ2v) is 4.83. The number of benzene rings is 2. The first-order valence-corrected chi connectivity index (χ1v) is 7.00. The van der Waals surface area contributed by atoms with Crippen molar-refractivity contribution in [2.75, 3.05) is 17.7 Å². The van der Waals surface area contributed by atoms with Crippen LogP contribution in [0.4, 0.5) is 26.2 Å². The van der Waals surface area contributed by atoms with Gasteiger partial charge in [-0.2, -0.15) is 4.98 Å². The summed E-state index contributed by atoms with van der Waals surface area (Å²) in [6.45, 7) is 0. The highest BCUT2D eigenvalue weighted by Gasteiger charge is 2.09. The Hall–Kier alpha value is -3.02. The maximum Gasteiger partial charge on any atom is 0.224 e. The number of nitrogens with zero attached hydrogens (tertiary/aromatic N) is 2. The van der Waals surface area contributed by atoms with E-state index in [1.807, 2.05) is 30.3 Å². The topological polar surface area (TPSA) is 49.8 Å². The van der Waals surface area contributed by atoms with Gasteiger partial charge in [-0.15, -0.1) is 0 Å². The zero-order chi connectivity index (χ0) is 16.2. The lowest BCUT2D eigenvalue weighted by molar-refractivity contribution is 0.603. The molecule has 1 aromatic heterocycles. The summed E-state index contributed by atoms with van der Waals surface area (Å²) in [4.78, 5) is 8.59. The van der Waals surface area contributed by atoms with Crippen molar-refractivity contribution >= 4 is 17.5 Å². The van der Waals surface area contributed by atoms with Crippen molar-refractivity contribution in [3.63, 3.8) is 0 Å². The Bertz CT molecular complexity index is 822. The van der Waals surface area contributed by atoms with Crippen LogP contribution in [0.5, 0.6) is 0 Å². The minimum absolute atomic E-state index is 0.0183. The predicted octanol–water partition coefficient (Wildman–Crippen LogP) is 4.21. The van der Waals surface area contributed by atoms with Gasteiger partial charge in [-0.25, -0.2) is 13.8 Å². The molecule has 0 aliphatic heterocycles. The summed E-state index contributed by atoms with van der Waals surface area (Å²) in [5, 5.41) is 5.65. The molecule has 23 heavy (non-hydrogen) atoms. The second-order valence-electron chi connectivity index (χ2n) is 4.83. The maximum atomic E-state index is 13.8. The molecule has 3 aromatic rings. The van der Waals surface area contributed by atoms with Crippen molar-refractivity contribution in [1.82, 2.24) is 9.97 Å². The third-order valence-corrected chi connectivity index (χ3v) is 3.21. The summed E-state index contributed by atoms with van der Waals surface area (Å²) in [7, 11) is 1.69. The smallest absolute Gasteiger partial charge is 0.224 e. The normalized spacial score (nSPS) is 10.4. The van der Waals surface area contributed by atoms with Crippen molar-refractivity contribution in [3.8, 4) is 11.3 Å². The van der Waals surface area contributed by atoms with Crippen LogP contribution in [0.2, 0.25) is 0 Å². The quantitative estimate of drug-likeness (QED) is 0.758. The number of rotatable bonds is 4. The average molecular weight is 312 g/mol. The van der Waals surface area contributed by atoms with E-state index in [0.717, 1.165) is 23.8 Å².